The summed E-state index contributed by atoms with van der Waals surface area (Å²) in [4.78, 5) is 12.4. The Morgan fingerprint density at radius 3 is 2.36 bits per heavy atom. The van der Waals surface area contributed by atoms with Crippen LogP contribution in [0.4, 0.5) is 5.69 Å². The molecule has 7 heteroatoms. The first-order valence-electron chi connectivity index (χ1n) is 7.70. The van der Waals surface area contributed by atoms with Gasteiger partial charge in [0.1, 0.15) is 5.75 Å². The van der Waals surface area contributed by atoms with Crippen molar-refractivity contribution in [1.82, 2.24) is 0 Å². The van der Waals surface area contributed by atoms with Crippen molar-refractivity contribution in [3.63, 3.8) is 0 Å². The molecule has 0 heterocycles. The number of hydrogen-bond acceptors (Lipinski definition) is 4. The van der Waals surface area contributed by atoms with Crippen molar-refractivity contribution >= 4 is 21.6 Å². The van der Waals surface area contributed by atoms with Crippen LogP contribution in [0.5, 0.6) is 5.75 Å². The van der Waals surface area contributed by atoms with Crippen LogP contribution in [-0.4, -0.2) is 21.4 Å². The number of anilines is 1. The summed E-state index contributed by atoms with van der Waals surface area (Å²) in [6.45, 7) is 3.94. The lowest BCUT2D eigenvalue weighted by Crippen LogP contribution is -2.26. The van der Waals surface area contributed by atoms with Gasteiger partial charge >= 0.3 is 0 Å². The molecule has 0 aliphatic heterocycles. The van der Waals surface area contributed by atoms with Crippen LogP contribution in [0.25, 0.3) is 0 Å². The Balaban J connectivity index is 2.23. The first-order chi connectivity index (χ1) is 11.6. The maximum atomic E-state index is 12.5. The van der Waals surface area contributed by atoms with E-state index in [4.69, 9.17) is 9.88 Å². The number of sulfonamides is 1. The Morgan fingerprint density at radius 1 is 1.16 bits per heavy atom. The zero-order chi connectivity index (χ0) is 18.7. The van der Waals surface area contributed by atoms with E-state index in [0.29, 0.717) is 5.75 Å². The van der Waals surface area contributed by atoms with Crippen molar-refractivity contribution in [3.8, 4) is 5.75 Å². The number of primary sulfonamides is 1. The second-order valence-electron chi connectivity index (χ2n) is 6.38. The number of rotatable bonds is 6. The van der Waals surface area contributed by atoms with Gasteiger partial charge in [-0.05, 0) is 29.2 Å². The second kappa shape index (κ2) is 7.25. The number of benzene rings is 2. The van der Waals surface area contributed by atoms with Crippen molar-refractivity contribution in [2.75, 3.05) is 12.4 Å². The molecule has 0 saturated heterocycles. The first kappa shape index (κ1) is 19.0. The highest BCUT2D eigenvalue weighted by Gasteiger charge is 2.25. The van der Waals surface area contributed by atoms with Gasteiger partial charge in [-0.15, -0.1) is 0 Å². The largest absolute Gasteiger partial charge is 0.495 e. The molecule has 0 aliphatic rings. The third kappa shape index (κ3) is 4.80. The predicted octanol–water partition coefficient (Wildman–Crippen LogP) is 2.65. The zero-order valence-corrected chi connectivity index (χ0v) is 15.3. The van der Waals surface area contributed by atoms with Crippen LogP contribution in [0, 0.1) is 0 Å². The normalized spacial score (nSPS) is 11.8. The summed E-state index contributed by atoms with van der Waals surface area (Å²) in [7, 11) is -2.43. The highest BCUT2D eigenvalue weighted by Crippen LogP contribution is 2.30. The molecule has 0 fully saturated rings. The Kier molecular flexibility index (Phi) is 5.49. The summed E-state index contributed by atoms with van der Waals surface area (Å²) in [5.41, 5.74) is 0.925. The van der Waals surface area contributed by atoms with Crippen LogP contribution in [0.2, 0.25) is 0 Å². The van der Waals surface area contributed by atoms with Gasteiger partial charge in [0.15, 0.2) is 0 Å². The fourth-order valence-corrected chi connectivity index (χ4v) is 3.09. The Morgan fingerprint density at radius 2 is 1.80 bits per heavy atom. The van der Waals surface area contributed by atoms with E-state index >= 15 is 0 Å². The summed E-state index contributed by atoms with van der Waals surface area (Å²) >= 11 is 0. The standard InChI is InChI=1S/C18H22N2O4S/c1-18(2,13-7-5-4-6-8-13)12-17(21)20-15-11-14(25(19,22)23)9-10-16(15)24-3/h4-11H,12H2,1-3H3,(H,20,21)(H2,19,22,23). The average Bonchev–Trinajstić information content (AvgIpc) is 2.54. The minimum Gasteiger partial charge on any atom is -0.495 e. The van der Waals surface area contributed by atoms with Crippen LogP contribution in [0.1, 0.15) is 25.8 Å². The van der Waals surface area contributed by atoms with E-state index in [9.17, 15) is 13.2 Å². The summed E-state index contributed by atoms with van der Waals surface area (Å²) in [5.74, 6) is 0.108. The molecule has 2 aromatic rings. The molecule has 0 spiro atoms. The highest BCUT2D eigenvalue weighted by molar-refractivity contribution is 7.89. The molecule has 0 bridgehead atoms. The number of amides is 1. The molecular weight excluding hydrogens is 340 g/mol. The van der Waals surface area contributed by atoms with Gasteiger partial charge in [-0.1, -0.05) is 44.2 Å². The van der Waals surface area contributed by atoms with E-state index in [2.05, 4.69) is 5.32 Å². The smallest absolute Gasteiger partial charge is 0.238 e. The van der Waals surface area contributed by atoms with E-state index in [1.165, 1.54) is 25.3 Å². The number of ether oxygens (including phenoxy) is 1. The van der Waals surface area contributed by atoms with Crippen LogP contribution >= 0.6 is 0 Å². The maximum absolute atomic E-state index is 12.5. The molecule has 0 aromatic heterocycles. The van der Waals surface area contributed by atoms with Gasteiger partial charge in [0.05, 0.1) is 17.7 Å². The summed E-state index contributed by atoms with van der Waals surface area (Å²) in [6, 6.07) is 13.8. The van der Waals surface area contributed by atoms with Crippen molar-refractivity contribution in [3.05, 3.63) is 54.1 Å². The minimum atomic E-state index is -3.87. The van der Waals surface area contributed by atoms with Crippen LogP contribution in [-0.2, 0) is 20.2 Å². The average molecular weight is 362 g/mol. The monoisotopic (exact) mass is 362 g/mol. The SMILES string of the molecule is COc1ccc(S(N)(=O)=O)cc1NC(=O)CC(C)(C)c1ccccc1. The molecule has 25 heavy (non-hydrogen) atoms. The molecule has 0 saturated carbocycles. The van der Waals surface area contributed by atoms with Gasteiger partial charge in [0, 0.05) is 6.42 Å². The summed E-state index contributed by atoms with van der Waals surface area (Å²) in [6.07, 6.45) is 0.222. The van der Waals surface area contributed by atoms with Gasteiger partial charge in [0.2, 0.25) is 15.9 Å². The van der Waals surface area contributed by atoms with Crippen LogP contribution in [0.3, 0.4) is 0 Å². The fraction of sp³-hybridized carbons (Fsp3) is 0.278. The molecule has 6 nitrogen and oxygen atoms in total. The van der Waals surface area contributed by atoms with Crippen LogP contribution in [0.15, 0.2) is 53.4 Å². The van der Waals surface area contributed by atoms with E-state index in [-0.39, 0.29) is 28.3 Å². The first-order valence-corrected chi connectivity index (χ1v) is 9.24. The second-order valence-corrected chi connectivity index (χ2v) is 7.94. The maximum Gasteiger partial charge on any atom is 0.238 e. The van der Waals surface area contributed by atoms with Crippen molar-refractivity contribution in [2.24, 2.45) is 5.14 Å². The molecule has 3 N–H and O–H groups in total. The number of nitrogens with one attached hydrogen (secondary N) is 1. The fourth-order valence-electron chi connectivity index (χ4n) is 2.55. The summed E-state index contributed by atoms with van der Waals surface area (Å²) in [5, 5.41) is 7.86. The van der Waals surface area contributed by atoms with Crippen molar-refractivity contribution in [1.29, 1.82) is 0 Å². The molecule has 2 rings (SSSR count). The minimum absolute atomic E-state index is 0.0917. The molecular formula is C18H22N2O4S. The molecule has 1 amide bonds. The molecule has 0 unspecified atom stereocenters. The molecule has 0 radical (unpaired) electrons. The number of methoxy groups -OCH3 is 1. The topological polar surface area (TPSA) is 98.5 Å². The molecule has 2 aromatic carbocycles. The lowest BCUT2D eigenvalue weighted by Gasteiger charge is -2.24. The Labute approximate surface area is 148 Å². The number of hydrogen-bond donors (Lipinski definition) is 2. The van der Waals surface area contributed by atoms with E-state index in [1.807, 2.05) is 44.2 Å². The molecule has 0 atom stereocenters. The van der Waals surface area contributed by atoms with Gasteiger partial charge in [-0.3, -0.25) is 4.79 Å². The van der Waals surface area contributed by atoms with E-state index < -0.39 is 10.0 Å². The number of carbonyl (C=O) groups excluding carboxylic acids is 1. The van der Waals surface area contributed by atoms with Gasteiger partial charge in [-0.25, -0.2) is 13.6 Å². The van der Waals surface area contributed by atoms with Crippen LogP contribution < -0.4 is 15.2 Å². The lowest BCUT2D eigenvalue weighted by molar-refractivity contribution is -0.117. The van der Waals surface area contributed by atoms with Crippen molar-refractivity contribution in [2.45, 2.75) is 30.6 Å². The quantitative estimate of drug-likeness (QED) is 0.825. The van der Waals surface area contributed by atoms with Gasteiger partial charge in [0.25, 0.3) is 0 Å². The third-order valence-electron chi connectivity index (χ3n) is 3.93. The predicted molar refractivity (Wildman–Crippen MR) is 97.1 cm³/mol. The Bertz CT molecular complexity index is 862. The zero-order valence-electron chi connectivity index (χ0n) is 14.4. The van der Waals surface area contributed by atoms with Crippen molar-refractivity contribution < 1.29 is 17.9 Å². The number of nitrogens with two attached hydrogens (primary N) is 1. The van der Waals surface area contributed by atoms with E-state index in [1.54, 1.807) is 0 Å². The van der Waals surface area contributed by atoms with Gasteiger partial charge in [-0.2, -0.15) is 0 Å². The van der Waals surface area contributed by atoms with E-state index in [0.717, 1.165) is 5.56 Å². The lowest BCUT2D eigenvalue weighted by atomic mass is 9.81. The Hall–Kier alpha value is -2.38. The summed E-state index contributed by atoms with van der Waals surface area (Å²) < 4.78 is 28.2. The third-order valence-corrected chi connectivity index (χ3v) is 4.84. The molecule has 134 valence electrons. The van der Waals surface area contributed by atoms with Gasteiger partial charge < -0.3 is 10.1 Å². The number of carbonyl (C=O) groups is 1. The highest BCUT2D eigenvalue weighted by atomic mass is 32.2. The molecule has 0 aliphatic carbocycles.